The molecular formula is C18H27ClN2O3. The molecular weight excluding hydrogens is 328 g/mol. The molecule has 1 aromatic carbocycles. The van der Waals surface area contributed by atoms with E-state index < -0.39 is 0 Å². The Balaban J connectivity index is 0.00000208. The molecule has 1 unspecified atom stereocenters. The third kappa shape index (κ3) is 4.62. The molecule has 0 aromatic heterocycles. The van der Waals surface area contributed by atoms with E-state index in [0.717, 1.165) is 43.8 Å². The van der Waals surface area contributed by atoms with Crippen molar-refractivity contribution in [3.63, 3.8) is 0 Å². The van der Waals surface area contributed by atoms with Crippen LogP contribution in [0.2, 0.25) is 0 Å². The first-order chi connectivity index (χ1) is 11.1. The summed E-state index contributed by atoms with van der Waals surface area (Å²) in [6.07, 6.45) is 1.95. The zero-order valence-corrected chi connectivity index (χ0v) is 15.2. The smallest absolute Gasteiger partial charge is 0.242 e. The molecule has 1 atom stereocenters. The van der Waals surface area contributed by atoms with Crippen LogP contribution in [-0.4, -0.2) is 55.8 Å². The number of likely N-dealkylation sites (tertiary alicyclic amines) is 1. The van der Waals surface area contributed by atoms with Crippen molar-refractivity contribution in [1.29, 1.82) is 0 Å². The van der Waals surface area contributed by atoms with Gasteiger partial charge in [0.05, 0.1) is 13.2 Å². The van der Waals surface area contributed by atoms with Gasteiger partial charge in [-0.05, 0) is 31.0 Å². The van der Waals surface area contributed by atoms with Gasteiger partial charge in [0.2, 0.25) is 5.91 Å². The highest BCUT2D eigenvalue weighted by Gasteiger charge is 2.30. The van der Waals surface area contributed by atoms with Crippen molar-refractivity contribution in [2.24, 2.45) is 0 Å². The van der Waals surface area contributed by atoms with Crippen molar-refractivity contribution < 1.29 is 14.3 Å². The second kappa shape index (κ2) is 8.70. The average molecular weight is 355 g/mol. The van der Waals surface area contributed by atoms with Crippen molar-refractivity contribution in [3.8, 4) is 5.75 Å². The van der Waals surface area contributed by atoms with Gasteiger partial charge in [0.15, 0.2) is 0 Å². The van der Waals surface area contributed by atoms with Crippen LogP contribution in [0.3, 0.4) is 0 Å². The van der Waals surface area contributed by atoms with Crippen LogP contribution >= 0.6 is 12.4 Å². The number of morpholine rings is 1. The summed E-state index contributed by atoms with van der Waals surface area (Å²) in [6, 6.07) is 6.11. The number of hydrogen-bond donors (Lipinski definition) is 1. The molecule has 0 spiro atoms. The molecule has 1 amide bonds. The first-order valence-corrected chi connectivity index (χ1v) is 8.47. The van der Waals surface area contributed by atoms with E-state index in [1.54, 1.807) is 0 Å². The molecule has 0 saturated carbocycles. The zero-order valence-electron chi connectivity index (χ0n) is 14.4. The highest BCUT2D eigenvalue weighted by Crippen LogP contribution is 2.24. The Kier molecular flexibility index (Phi) is 6.90. The summed E-state index contributed by atoms with van der Waals surface area (Å²) in [6.45, 7) is 7.59. The molecule has 0 aliphatic carbocycles. The van der Waals surface area contributed by atoms with E-state index in [1.807, 2.05) is 4.90 Å². The summed E-state index contributed by atoms with van der Waals surface area (Å²) < 4.78 is 11.5. The molecule has 134 valence electrons. The lowest BCUT2D eigenvalue weighted by molar-refractivity contribution is -0.138. The van der Waals surface area contributed by atoms with E-state index in [9.17, 15) is 4.79 Å². The van der Waals surface area contributed by atoms with Gasteiger partial charge in [0, 0.05) is 32.5 Å². The molecule has 2 fully saturated rings. The van der Waals surface area contributed by atoms with Crippen LogP contribution in [-0.2, 0) is 9.53 Å². The summed E-state index contributed by atoms with van der Waals surface area (Å²) in [7, 11) is 0. The van der Waals surface area contributed by atoms with Gasteiger partial charge in [0.1, 0.15) is 17.9 Å². The van der Waals surface area contributed by atoms with Crippen molar-refractivity contribution in [1.82, 2.24) is 10.2 Å². The number of aryl methyl sites for hydroxylation is 2. The standard InChI is InChI=1S/C18H26N2O3.ClH/c1-13-3-4-14(2)17(11-13)23-15-5-8-20(9-6-15)18(21)16-12-22-10-7-19-16;/h3-4,11,15-16,19H,5-10,12H2,1-2H3;1H. The number of halogens is 1. The number of ether oxygens (including phenoxy) is 2. The van der Waals surface area contributed by atoms with Gasteiger partial charge in [-0.1, -0.05) is 12.1 Å². The molecule has 0 radical (unpaired) electrons. The summed E-state index contributed by atoms with van der Waals surface area (Å²) in [5.41, 5.74) is 2.37. The van der Waals surface area contributed by atoms with Gasteiger partial charge >= 0.3 is 0 Å². The SMILES string of the molecule is Cc1ccc(C)c(OC2CCN(C(=O)C3COCCN3)CC2)c1.Cl. The van der Waals surface area contributed by atoms with Crippen LogP contribution in [0.15, 0.2) is 18.2 Å². The lowest BCUT2D eigenvalue weighted by Gasteiger charge is -2.35. The van der Waals surface area contributed by atoms with Gasteiger partial charge in [-0.25, -0.2) is 0 Å². The second-order valence-electron chi connectivity index (χ2n) is 6.49. The maximum Gasteiger partial charge on any atom is 0.242 e. The van der Waals surface area contributed by atoms with Crippen molar-refractivity contribution in [2.75, 3.05) is 32.8 Å². The number of benzene rings is 1. The van der Waals surface area contributed by atoms with Crippen LogP contribution < -0.4 is 10.1 Å². The van der Waals surface area contributed by atoms with Gasteiger partial charge in [-0.3, -0.25) is 4.79 Å². The van der Waals surface area contributed by atoms with Crippen LogP contribution in [0.5, 0.6) is 5.75 Å². The third-order valence-corrected chi connectivity index (χ3v) is 4.61. The van der Waals surface area contributed by atoms with E-state index in [-0.39, 0.29) is 30.5 Å². The quantitative estimate of drug-likeness (QED) is 0.903. The van der Waals surface area contributed by atoms with E-state index in [1.165, 1.54) is 5.56 Å². The molecule has 2 saturated heterocycles. The maximum absolute atomic E-state index is 12.5. The highest BCUT2D eigenvalue weighted by molar-refractivity contribution is 5.85. The number of carbonyl (C=O) groups is 1. The predicted octanol–water partition coefficient (Wildman–Crippen LogP) is 2.08. The Morgan fingerprint density at radius 3 is 2.71 bits per heavy atom. The van der Waals surface area contributed by atoms with E-state index in [0.29, 0.717) is 13.2 Å². The van der Waals surface area contributed by atoms with Crippen LogP contribution in [0, 0.1) is 13.8 Å². The van der Waals surface area contributed by atoms with Crippen LogP contribution in [0.1, 0.15) is 24.0 Å². The molecule has 24 heavy (non-hydrogen) atoms. The normalized spacial score (nSPS) is 21.9. The van der Waals surface area contributed by atoms with Gasteiger partial charge in [0.25, 0.3) is 0 Å². The van der Waals surface area contributed by atoms with Crippen LogP contribution in [0.4, 0.5) is 0 Å². The molecule has 2 aliphatic heterocycles. The fourth-order valence-electron chi connectivity index (χ4n) is 3.15. The molecule has 6 heteroatoms. The minimum absolute atomic E-state index is 0. The Morgan fingerprint density at radius 1 is 1.29 bits per heavy atom. The number of carbonyl (C=O) groups excluding carboxylic acids is 1. The topological polar surface area (TPSA) is 50.8 Å². The number of amides is 1. The maximum atomic E-state index is 12.5. The Bertz CT molecular complexity index is 553. The van der Waals surface area contributed by atoms with E-state index in [2.05, 4.69) is 37.4 Å². The number of hydrogen-bond acceptors (Lipinski definition) is 4. The Labute approximate surface area is 150 Å². The van der Waals surface area contributed by atoms with Gasteiger partial charge in [-0.15, -0.1) is 12.4 Å². The average Bonchev–Trinajstić information content (AvgIpc) is 2.59. The highest BCUT2D eigenvalue weighted by atomic mass is 35.5. The second-order valence-corrected chi connectivity index (χ2v) is 6.49. The van der Waals surface area contributed by atoms with Gasteiger partial charge in [-0.2, -0.15) is 0 Å². The fourth-order valence-corrected chi connectivity index (χ4v) is 3.15. The third-order valence-electron chi connectivity index (χ3n) is 4.61. The monoisotopic (exact) mass is 354 g/mol. The predicted molar refractivity (Wildman–Crippen MR) is 96.0 cm³/mol. The number of piperidine rings is 1. The van der Waals surface area contributed by atoms with Gasteiger partial charge < -0.3 is 19.7 Å². The number of rotatable bonds is 3. The summed E-state index contributed by atoms with van der Waals surface area (Å²) in [5.74, 6) is 1.13. The summed E-state index contributed by atoms with van der Waals surface area (Å²) in [4.78, 5) is 14.4. The molecule has 1 aromatic rings. The van der Waals surface area contributed by atoms with Crippen molar-refractivity contribution in [3.05, 3.63) is 29.3 Å². The lowest BCUT2D eigenvalue weighted by Crippen LogP contribution is -2.54. The van der Waals surface area contributed by atoms with Crippen molar-refractivity contribution in [2.45, 2.75) is 38.8 Å². The number of nitrogens with one attached hydrogen (secondary N) is 1. The van der Waals surface area contributed by atoms with E-state index in [4.69, 9.17) is 9.47 Å². The minimum atomic E-state index is -0.180. The Morgan fingerprint density at radius 2 is 2.04 bits per heavy atom. The molecule has 2 aliphatic rings. The summed E-state index contributed by atoms with van der Waals surface area (Å²) in [5, 5.41) is 3.23. The van der Waals surface area contributed by atoms with Crippen molar-refractivity contribution >= 4 is 18.3 Å². The zero-order chi connectivity index (χ0) is 16.2. The van der Waals surface area contributed by atoms with Crippen LogP contribution in [0.25, 0.3) is 0 Å². The largest absolute Gasteiger partial charge is 0.490 e. The molecule has 3 rings (SSSR count). The Hall–Kier alpha value is -1.30. The van der Waals surface area contributed by atoms with E-state index >= 15 is 0 Å². The lowest BCUT2D eigenvalue weighted by atomic mass is 10.1. The minimum Gasteiger partial charge on any atom is -0.490 e. The molecule has 1 N–H and O–H groups in total. The molecule has 2 heterocycles. The summed E-state index contributed by atoms with van der Waals surface area (Å²) >= 11 is 0. The first kappa shape index (κ1) is 19.0. The number of nitrogens with zero attached hydrogens (tertiary/aromatic N) is 1. The molecule has 5 nitrogen and oxygen atoms in total. The molecule has 0 bridgehead atoms. The first-order valence-electron chi connectivity index (χ1n) is 8.47. The fraction of sp³-hybridized carbons (Fsp3) is 0.611.